The quantitative estimate of drug-likeness (QED) is 0.735. The van der Waals surface area contributed by atoms with Crippen LogP contribution in [0.2, 0.25) is 0 Å². The Morgan fingerprint density at radius 1 is 1.22 bits per heavy atom. The van der Waals surface area contributed by atoms with E-state index in [4.69, 9.17) is 0 Å². The van der Waals surface area contributed by atoms with Crippen LogP contribution in [0.1, 0.15) is 39.5 Å². The molecule has 2 heterocycles. The summed E-state index contributed by atoms with van der Waals surface area (Å²) < 4.78 is 39.1. The summed E-state index contributed by atoms with van der Waals surface area (Å²) in [5.41, 5.74) is 1.11. The Labute approximate surface area is 131 Å². The lowest BCUT2D eigenvalue weighted by molar-refractivity contribution is -0.212. The summed E-state index contributed by atoms with van der Waals surface area (Å²) in [6.07, 6.45) is -3.27. The van der Waals surface area contributed by atoms with E-state index in [0.717, 1.165) is 11.3 Å². The van der Waals surface area contributed by atoms with Crippen LogP contribution in [0.15, 0.2) is 32.9 Å². The number of carbonyl (C=O) groups excluding carboxylic acids is 1. The van der Waals surface area contributed by atoms with Gasteiger partial charge >= 0.3 is 6.18 Å². The number of hydrogen-bond acceptors (Lipinski definition) is 4. The van der Waals surface area contributed by atoms with Crippen LogP contribution in [0, 0.1) is 16.7 Å². The molecule has 0 saturated heterocycles. The van der Waals surface area contributed by atoms with Crippen molar-refractivity contribution in [2.24, 2.45) is 27.0 Å². The molecule has 4 aliphatic rings. The van der Waals surface area contributed by atoms with Crippen LogP contribution in [-0.2, 0) is 4.79 Å². The second-order valence-corrected chi connectivity index (χ2v) is 7.88. The normalized spacial score (nSPS) is 35.2. The molecule has 0 bridgehead atoms. The van der Waals surface area contributed by atoms with Gasteiger partial charge in [0.05, 0.1) is 12.5 Å². The fourth-order valence-corrected chi connectivity index (χ4v) is 4.53. The van der Waals surface area contributed by atoms with Crippen molar-refractivity contribution < 1.29 is 18.0 Å². The van der Waals surface area contributed by atoms with Crippen molar-refractivity contribution in [3.63, 3.8) is 0 Å². The third-order valence-corrected chi connectivity index (χ3v) is 5.54. The number of nitrogens with one attached hydrogen (secondary N) is 1. The van der Waals surface area contributed by atoms with E-state index in [-0.39, 0.29) is 24.0 Å². The number of Topliss-reactive ketones (excluding diaryl/α,β-unsaturated/α-hetero) is 1. The third kappa shape index (κ3) is 2.01. The van der Waals surface area contributed by atoms with E-state index in [2.05, 4.69) is 15.5 Å². The van der Waals surface area contributed by atoms with Crippen LogP contribution in [0.4, 0.5) is 13.2 Å². The van der Waals surface area contributed by atoms with Crippen LogP contribution in [-0.4, -0.2) is 18.5 Å². The van der Waals surface area contributed by atoms with Gasteiger partial charge in [0.15, 0.2) is 11.6 Å². The topological polar surface area (TPSA) is 53.8 Å². The molecule has 1 saturated carbocycles. The van der Waals surface area contributed by atoms with Gasteiger partial charge in [-0.3, -0.25) is 4.79 Å². The molecule has 0 atom stereocenters. The zero-order valence-electron chi connectivity index (χ0n) is 13.0. The lowest BCUT2D eigenvalue weighted by atomic mass is 9.51. The van der Waals surface area contributed by atoms with Crippen molar-refractivity contribution in [1.29, 1.82) is 0 Å². The smallest absolute Gasteiger partial charge is 0.342 e. The fourth-order valence-electron chi connectivity index (χ4n) is 4.53. The zero-order chi connectivity index (χ0) is 16.6. The standard InChI is InChI=1S/C16H18F3N3O/c1-14(2)5-10-12(11(23)6-14)15(3-8(4-15)16(17,18)19)9-7-20-22-13(9)21-10/h8,21H,3-7H2,1-2H3. The van der Waals surface area contributed by atoms with Gasteiger partial charge in [0.2, 0.25) is 0 Å². The highest BCUT2D eigenvalue weighted by molar-refractivity contribution is 6.00. The number of fused-ring (bicyclic) bond motifs is 2. The SMILES string of the molecule is CC1(C)CC(=O)C2=C(C1)NC1=C(CN=N1)C21CC(C(F)(F)F)C1. The number of hydrogen-bond donors (Lipinski definition) is 1. The number of halogens is 3. The molecule has 1 spiro atoms. The van der Waals surface area contributed by atoms with Crippen LogP contribution in [0.3, 0.4) is 0 Å². The Hall–Kier alpha value is -1.66. The molecule has 4 nitrogen and oxygen atoms in total. The summed E-state index contributed by atoms with van der Waals surface area (Å²) in [5.74, 6) is -0.802. The number of ketones is 1. The lowest BCUT2D eigenvalue weighted by Crippen LogP contribution is -2.53. The molecule has 0 unspecified atom stereocenters. The lowest BCUT2D eigenvalue weighted by Gasteiger charge is -2.54. The van der Waals surface area contributed by atoms with Crippen molar-refractivity contribution in [2.75, 3.05) is 6.54 Å². The maximum absolute atomic E-state index is 13.0. The first kappa shape index (κ1) is 14.9. The van der Waals surface area contributed by atoms with Crippen LogP contribution < -0.4 is 5.32 Å². The summed E-state index contributed by atoms with van der Waals surface area (Å²) in [5, 5.41) is 11.2. The molecular weight excluding hydrogens is 307 g/mol. The predicted octanol–water partition coefficient (Wildman–Crippen LogP) is 3.87. The number of alkyl halides is 3. The summed E-state index contributed by atoms with van der Waals surface area (Å²) in [6.45, 7) is 4.30. The molecule has 4 rings (SSSR count). The molecule has 0 aromatic heterocycles. The van der Waals surface area contributed by atoms with Gasteiger partial charge in [0.1, 0.15) is 0 Å². The number of allylic oxidation sites excluding steroid dienone is 2. The summed E-state index contributed by atoms with van der Waals surface area (Å²) in [7, 11) is 0. The number of azo groups is 1. The van der Waals surface area contributed by atoms with Crippen LogP contribution in [0.5, 0.6) is 0 Å². The molecule has 7 heteroatoms. The Bertz CT molecular complexity index is 694. The number of carbonyl (C=O) groups is 1. The van der Waals surface area contributed by atoms with Gasteiger partial charge in [-0.15, -0.1) is 5.11 Å². The molecule has 23 heavy (non-hydrogen) atoms. The molecule has 0 aromatic carbocycles. The van der Waals surface area contributed by atoms with Gasteiger partial charge in [0, 0.05) is 28.7 Å². The number of nitrogens with zero attached hydrogens (tertiary/aromatic N) is 2. The molecular formula is C16H18F3N3O. The van der Waals surface area contributed by atoms with E-state index in [9.17, 15) is 18.0 Å². The molecule has 0 amide bonds. The monoisotopic (exact) mass is 325 g/mol. The number of rotatable bonds is 0. The minimum absolute atomic E-state index is 0.0252. The van der Waals surface area contributed by atoms with Crippen molar-refractivity contribution in [2.45, 2.75) is 45.7 Å². The summed E-state index contributed by atoms with van der Waals surface area (Å²) >= 11 is 0. The van der Waals surface area contributed by atoms with Crippen molar-refractivity contribution in [3.05, 3.63) is 22.7 Å². The van der Waals surface area contributed by atoms with E-state index in [1.54, 1.807) is 0 Å². The van der Waals surface area contributed by atoms with Gasteiger partial charge in [-0.05, 0) is 24.7 Å². The second-order valence-electron chi connectivity index (χ2n) is 7.88. The van der Waals surface area contributed by atoms with Gasteiger partial charge < -0.3 is 5.32 Å². The van der Waals surface area contributed by atoms with Crippen molar-refractivity contribution in [1.82, 2.24) is 5.32 Å². The van der Waals surface area contributed by atoms with Gasteiger partial charge in [-0.1, -0.05) is 13.8 Å². The Morgan fingerprint density at radius 2 is 1.91 bits per heavy atom. The predicted molar refractivity (Wildman–Crippen MR) is 76.1 cm³/mol. The fraction of sp³-hybridized carbons (Fsp3) is 0.688. The van der Waals surface area contributed by atoms with Gasteiger partial charge in [0.25, 0.3) is 0 Å². The average molecular weight is 325 g/mol. The van der Waals surface area contributed by atoms with Crippen molar-refractivity contribution >= 4 is 5.78 Å². The largest absolute Gasteiger partial charge is 0.391 e. The Balaban J connectivity index is 1.78. The van der Waals surface area contributed by atoms with E-state index in [1.807, 2.05) is 13.8 Å². The Morgan fingerprint density at radius 3 is 2.57 bits per heavy atom. The van der Waals surface area contributed by atoms with Gasteiger partial charge in [-0.25, -0.2) is 0 Å². The highest BCUT2D eigenvalue weighted by atomic mass is 19.4. The van der Waals surface area contributed by atoms with Crippen LogP contribution in [0.25, 0.3) is 0 Å². The molecule has 1 fully saturated rings. The summed E-state index contributed by atoms with van der Waals surface area (Å²) in [6, 6.07) is 0. The summed E-state index contributed by atoms with van der Waals surface area (Å²) in [4.78, 5) is 12.7. The van der Waals surface area contributed by atoms with Crippen molar-refractivity contribution in [3.8, 4) is 0 Å². The minimum Gasteiger partial charge on any atom is -0.342 e. The van der Waals surface area contributed by atoms with E-state index in [1.165, 1.54) is 0 Å². The van der Waals surface area contributed by atoms with Gasteiger partial charge in [-0.2, -0.15) is 18.3 Å². The average Bonchev–Trinajstić information content (AvgIpc) is 2.78. The minimum atomic E-state index is -4.21. The molecule has 2 aliphatic carbocycles. The van der Waals surface area contributed by atoms with E-state index in [0.29, 0.717) is 30.8 Å². The van der Waals surface area contributed by atoms with Crippen LogP contribution >= 0.6 is 0 Å². The maximum Gasteiger partial charge on any atom is 0.391 e. The highest BCUT2D eigenvalue weighted by Gasteiger charge is 2.63. The first-order valence-electron chi connectivity index (χ1n) is 7.84. The zero-order valence-corrected chi connectivity index (χ0v) is 13.0. The number of dihydropyridines is 1. The molecule has 0 radical (unpaired) electrons. The third-order valence-electron chi connectivity index (χ3n) is 5.54. The molecule has 0 aromatic rings. The highest BCUT2D eigenvalue weighted by Crippen LogP contribution is 2.64. The molecule has 124 valence electrons. The second kappa shape index (κ2) is 4.24. The Kier molecular flexibility index (Phi) is 2.75. The first-order chi connectivity index (χ1) is 10.6. The van der Waals surface area contributed by atoms with E-state index < -0.39 is 17.5 Å². The molecule has 2 aliphatic heterocycles. The maximum atomic E-state index is 13.0. The van der Waals surface area contributed by atoms with E-state index >= 15 is 0 Å². The molecule has 1 N–H and O–H groups in total. The first-order valence-corrected chi connectivity index (χ1v) is 7.84.